The van der Waals surface area contributed by atoms with Crippen LogP contribution in [0.5, 0.6) is 5.75 Å². The summed E-state index contributed by atoms with van der Waals surface area (Å²) in [5.74, 6) is 1.86. The summed E-state index contributed by atoms with van der Waals surface area (Å²) in [6, 6.07) is 11.1. The number of ether oxygens (including phenoxy) is 1. The Balaban J connectivity index is 1.79. The molecule has 6 nitrogen and oxygen atoms in total. The highest BCUT2D eigenvalue weighted by Gasteiger charge is 2.08. The maximum Gasteiger partial charge on any atom is 0.229 e. The summed E-state index contributed by atoms with van der Waals surface area (Å²) in [6.07, 6.45) is 3.57. The number of methoxy groups -OCH3 is 1. The van der Waals surface area contributed by atoms with Gasteiger partial charge in [-0.1, -0.05) is 17.7 Å². The van der Waals surface area contributed by atoms with Gasteiger partial charge in [-0.15, -0.1) is 0 Å². The Morgan fingerprint density at radius 1 is 1.16 bits per heavy atom. The number of hydrogen-bond donors (Lipinski definition) is 2. The molecule has 0 fully saturated rings. The third-order valence-corrected chi connectivity index (χ3v) is 3.69. The van der Waals surface area contributed by atoms with E-state index in [9.17, 15) is 0 Å². The first-order chi connectivity index (χ1) is 12.1. The number of aryl methyl sites for hydroxylation is 1. The molecule has 0 saturated carbocycles. The van der Waals surface area contributed by atoms with E-state index in [1.807, 2.05) is 31.3 Å². The Bertz CT molecular complexity index is 857. The van der Waals surface area contributed by atoms with E-state index in [2.05, 4.69) is 25.6 Å². The average molecular weight is 356 g/mol. The summed E-state index contributed by atoms with van der Waals surface area (Å²) in [7, 11) is 1.60. The largest absolute Gasteiger partial charge is 0.495 e. The van der Waals surface area contributed by atoms with Crippen LogP contribution in [0.25, 0.3) is 0 Å². The fourth-order valence-corrected chi connectivity index (χ4v) is 2.48. The summed E-state index contributed by atoms with van der Waals surface area (Å²) >= 11 is 6.07. The van der Waals surface area contributed by atoms with Crippen molar-refractivity contribution < 1.29 is 4.74 Å². The summed E-state index contributed by atoms with van der Waals surface area (Å²) in [6.45, 7) is 2.54. The molecule has 0 unspecified atom stereocenters. The van der Waals surface area contributed by atoms with Crippen molar-refractivity contribution in [3.05, 3.63) is 65.1 Å². The molecule has 0 aliphatic heterocycles. The second-order valence-electron chi connectivity index (χ2n) is 5.40. The zero-order chi connectivity index (χ0) is 17.6. The summed E-state index contributed by atoms with van der Waals surface area (Å²) in [5.41, 5.74) is 2.62. The van der Waals surface area contributed by atoms with Crippen molar-refractivity contribution in [3.63, 3.8) is 0 Å². The molecule has 2 heterocycles. The van der Waals surface area contributed by atoms with Gasteiger partial charge in [-0.25, -0.2) is 4.98 Å². The lowest BCUT2D eigenvalue weighted by Gasteiger charge is -2.12. The molecular formula is C18H18ClN5O. The van der Waals surface area contributed by atoms with Crippen molar-refractivity contribution in [1.29, 1.82) is 0 Å². The molecule has 0 atom stereocenters. The lowest BCUT2D eigenvalue weighted by molar-refractivity contribution is 0.417. The fraction of sp³-hybridized carbons (Fsp3) is 0.167. The molecule has 0 radical (unpaired) electrons. The van der Waals surface area contributed by atoms with Crippen molar-refractivity contribution in [3.8, 4) is 5.75 Å². The SMILES string of the molecule is COc1ccc(Cl)cc1Nc1nc(C)cc(NCc2cccnc2)n1. The minimum atomic E-state index is 0.467. The molecule has 1 aromatic carbocycles. The number of hydrogen-bond acceptors (Lipinski definition) is 6. The molecular weight excluding hydrogens is 338 g/mol. The maximum atomic E-state index is 6.07. The number of benzene rings is 1. The summed E-state index contributed by atoms with van der Waals surface area (Å²) in [5, 5.41) is 7.04. The Hall–Kier alpha value is -2.86. The van der Waals surface area contributed by atoms with Gasteiger partial charge in [-0.05, 0) is 36.8 Å². The number of nitrogens with one attached hydrogen (secondary N) is 2. The van der Waals surface area contributed by atoms with Gasteiger partial charge in [0.1, 0.15) is 11.6 Å². The van der Waals surface area contributed by atoms with E-state index in [-0.39, 0.29) is 0 Å². The number of anilines is 3. The predicted molar refractivity (Wildman–Crippen MR) is 99.6 cm³/mol. The monoisotopic (exact) mass is 355 g/mol. The van der Waals surface area contributed by atoms with Crippen LogP contribution in [0.3, 0.4) is 0 Å². The minimum Gasteiger partial charge on any atom is -0.495 e. The van der Waals surface area contributed by atoms with Crippen LogP contribution in [-0.2, 0) is 6.54 Å². The molecule has 2 aromatic heterocycles. The molecule has 0 spiro atoms. The Kier molecular flexibility index (Phi) is 5.30. The van der Waals surface area contributed by atoms with E-state index in [4.69, 9.17) is 16.3 Å². The zero-order valence-corrected chi connectivity index (χ0v) is 14.7. The number of rotatable bonds is 6. The van der Waals surface area contributed by atoms with E-state index in [1.54, 1.807) is 31.5 Å². The second-order valence-corrected chi connectivity index (χ2v) is 5.84. The molecule has 0 aliphatic rings. The summed E-state index contributed by atoms with van der Waals surface area (Å²) < 4.78 is 5.34. The number of pyridine rings is 1. The standard InChI is InChI=1S/C18H18ClN5O/c1-12-8-17(21-11-13-4-3-7-20-10-13)24-18(22-12)23-15-9-14(19)5-6-16(15)25-2/h3-10H,11H2,1-2H3,(H2,21,22,23,24). The van der Waals surface area contributed by atoms with Crippen LogP contribution in [0, 0.1) is 6.92 Å². The molecule has 25 heavy (non-hydrogen) atoms. The van der Waals surface area contributed by atoms with Crippen LogP contribution >= 0.6 is 11.6 Å². The van der Waals surface area contributed by atoms with Gasteiger partial charge in [-0.2, -0.15) is 4.98 Å². The molecule has 0 bridgehead atoms. The van der Waals surface area contributed by atoms with Gasteiger partial charge in [-0.3, -0.25) is 4.98 Å². The van der Waals surface area contributed by atoms with E-state index in [1.165, 1.54) is 0 Å². The van der Waals surface area contributed by atoms with Crippen molar-refractivity contribution in [1.82, 2.24) is 15.0 Å². The van der Waals surface area contributed by atoms with E-state index in [0.29, 0.717) is 29.0 Å². The lowest BCUT2D eigenvalue weighted by Crippen LogP contribution is -2.06. The molecule has 7 heteroatoms. The van der Waals surface area contributed by atoms with Gasteiger partial charge in [0.05, 0.1) is 12.8 Å². The number of aromatic nitrogens is 3. The van der Waals surface area contributed by atoms with Gasteiger partial charge in [0.15, 0.2) is 0 Å². The first-order valence-corrected chi connectivity index (χ1v) is 8.11. The van der Waals surface area contributed by atoms with Crippen molar-refractivity contribution in [2.75, 3.05) is 17.7 Å². The predicted octanol–water partition coefficient (Wildman–Crippen LogP) is 4.20. The third-order valence-electron chi connectivity index (χ3n) is 3.46. The van der Waals surface area contributed by atoms with E-state index >= 15 is 0 Å². The molecule has 0 amide bonds. The Morgan fingerprint density at radius 3 is 2.80 bits per heavy atom. The van der Waals surface area contributed by atoms with E-state index < -0.39 is 0 Å². The van der Waals surface area contributed by atoms with Gasteiger partial charge in [0, 0.05) is 35.7 Å². The molecule has 128 valence electrons. The van der Waals surface area contributed by atoms with Crippen LogP contribution in [-0.4, -0.2) is 22.1 Å². The molecule has 3 aromatic rings. The fourth-order valence-electron chi connectivity index (χ4n) is 2.31. The molecule has 0 saturated heterocycles. The smallest absolute Gasteiger partial charge is 0.229 e. The van der Waals surface area contributed by atoms with E-state index in [0.717, 1.165) is 17.1 Å². The zero-order valence-electron chi connectivity index (χ0n) is 14.0. The highest BCUT2D eigenvalue weighted by atomic mass is 35.5. The first kappa shape index (κ1) is 17.0. The Labute approximate surface area is 151 Å². The van der Waals surface area contributed by atoms with Gasteiger partial charge in [0.25, 0.3) is 0 Å². The van der Waals surface area contributed by atoms with Crippen LogP contribution < -0.4 is 15.4 Å². The first-order valence-electron chi connectivity index (χ1n) is 7.73. The minimum absolute atomic E-state index is 0.467. The quantitative estimate of drug-likeness (QED) is 0.690. The van der Waals surface area contributed by atoms with Crippen LogP contribution in [0.1, 0.15) is 11.3 Å². The molecule has 3 rings (SSSR count). The topological polar surface area (TPSA) is 72.0 Å². The Morgan fingerprint density at radius 2 is 2.04 bits per heavy atom. The average Bonchev–Trinajstić information content (AvgIpc) is 2.61. The number of nitrogens with zero attached hydrogens (tertiary/aromatic N) is 3. The second kappa shape index (κ2) is 7.81. The summed E-state index contributed by atoms with van der Waals surface area (Å²) in [4.78, 5) is 13.0. The normalized spacial score (nSPS) is 10.4. The highest BCUT2D eigenvalue weighted by Crippen LogP contribution is 2.29. The van der Waals surface area contributed by atoms with Gasteiger partial charge >= 0.3 is 0 Å². The molecule has 0 aliphatic carbocycles. The van der Waals surface area contributed by atoms with Crippen molar-refractivity contribution in [2.24, 2.45) is 0 Å². The van der Waals surface area contributed by atoms with Crippen LogP contribution in [0.15, 0.2) is 48.8 Å². The molecule has 2 N–H and O–H groups in total. The van der Waals surface area contributed by atoms with Crippen LogP contribution in [0.2, 0.25) is 5.02 Å². The van der Waals surface area contributed by atoms with Crippen LogP contribution in [0.4, 0.5) is 17.5 Å². The van der Waals surface area contributed by atoms with Crippen molar-refractivity contribution in [2.45, 2.75) is 13.5 Å². The number of halogens is 1. The lowest BCUT2D eigenvalue weighted by atomic mass is 10.3. The highest BCUT2D eigenvalue weighted by molar-refractivity contribution is 6.31. The van der Waals surface area contributed by atoms with Crippen molar-refractivity contribution >= 4 is 29.1 Å². The maximum absolute atomic E-state index is 6.07. The third kappa shape index (κ3) is 4.58. The van der Waals surface area contributed by atoms with Gasteiger partial charge in [0.2, 0.25) is 5.95 Å². The van der Waals surface area contributed by atoms with Gasteiger partial charge < -0.3 is 15.4 Å².